The zero-order valence-electron chi connectivity index (χ0n) is 12.1. The van der Waals surface area contributed by atoms with Crippen molar-refractivity contribution in [2.75, 3.05) is 13.2 Å². The van der Waals surface area contributed by atoms with Gasteiger partial charge in [-0.05, 0) is 31.0 Å². The molecule has 0 aliphatic heterocycles. The Labute approximate surface area is 120 Å². The molecule has 1 rings (SSSR count). The lowest BCUT2D eigenvalue weighted by molar-refractivity contribution is -0.148. The molecule has 0 heterocycles. The highest BCUT2D eigenvalue weighted by Crippen LogP contribution is 2.14. The second-order valence-corrected chi connectivity index (χ2v) is 4.30. The lowest BCUT2D eigenvalue weighted by Crippen LogP contribution is -2.20. The highest BCUT2D eigenvalue weighted by atomic mass is 16.7. The molecule has 0 aromatic heterocycles. The van der Waals surface area contributed by atoms with E-state index in [2.05, 4.69) is 6.58 Å². The van der Waals surface area contributed by atoms with Crippen LogP contribution in [0.2, 0.25) is 0 Å². The molecule has 0 aliphatic carbocycles. The van der Waals surface area contributed by atoms with E-state index < -0.39 is 6.29 Å². The van der Waals surface area contributed by atoms with Crippen molar-refractivity contribution in [3.05, 3.63) is 36.4 Å². The SMILES string of the molecule is C=Cc1ccc(OC(C)OCCOC(=O)CCC)cc1. The van der Waals surface area contributed by atoms with Gasteiger partial charge in [0.15, 0.2) is 6.29 Å². The van der Waals surface area contributed by atoms with Gasteiger partial charge in [0.25, 0.3) is 0 Å². The molecule has 0 bridgehead atoms. The van der Waals surface area contributed by atoms with Gasteiger partial charge in [-0.2, -0.15) is 0 Å². The fourth-order valence-electron chi connectivity index (χ4n) is 1.55. The Bertz CT molecular complexity index is 411. The Morgan fingerprint density at radius 1 is 1.30 bits per heavy atom. The second-order valence-electron chi connectivity index (χ2n) is 4.30. The Morgan fingerprint density at radius 3 is 2.60 bits per heavy atom. The summed E-state index contributed by atoms with van der Waals surface area (Å²) in [6.45, 7) is 8.00. The van der Waals surface area contributed by atoms with E-state index in [4.69, 9.17) is 14.2 Å². The van der Waals surface area contributed by atoms with Crippen molar-refractivity contribution >= 4 is 12.0 Å². The van der Waals surface area contributed by atoms with Gasteiger partial charge in [0.05, 0.1) is 6.61 Å². The summed E-state index contributed by atoms with van der Waals surface area (Å²) in [7, 11) is 0. The average Bonchev–Trinajstić information content (AvgIpc) is 2.45. The minimum absolute atomic E-state index is 0.190. The Kier molecular flexibility index (Phi) is 7.43. The van der Waals surface area contributed by atoms with E-state index in [-0.39, 0.29) is 12.6 Å². The van der Waals surface area contributed by atoms with Crippen LogP contribution in [-0.4, -0.2) is 25.5 Å². The van der Waals surface area contributed by atoms with Crippen molar-refractivity contribution in [1.29, 1.82) is 0 Å². The number of ether oxygens (including phenoxy) is 3. The monoisotopic (exact) mass is 278 g/mol. The first-order chi connectivity index (χ1) is 9.65. The molecule has 0 aliphatic rings. The van der Waals surface area contributed by atoms with Crippen LogP contribution in [0.4, 0.5) is 0 Å². The third kappa shape index (κ3) is 6.38. The molecule has 1 atom stereocenters. The van der Waals surface area contributed by atoms with Crippen LogP contribution in [0.25, 0.3) is 6.08 Å². The predicted octanol–water partition coefficient (Wildman–Crippen LogP) is 3.41. The van der Waals surface area contributed by atoms with E-state index in [9.17, 15) is 4.79 Å². The molecule has 0 fully saturated rings. The predicted molar refractivity (Wildman–Crippen MR) is 78.4 cm³/mol. The van der Waals surface area contributed by atoms with Crippen molar-refractivity contribution in [2.24, 2.45) is 0 Å². The third-order valence-corrected chi connectivity index (χ3v) is 2.57. The summed E-state index contributed by atoms with van der Waals surface area (Å²) < 4.78 is 16.0. The Balaban J connectivity index is 2.20. The minimum atomic E-state index is -0.394. The summed E-state index contributed by atoms with van der Waals surface area (Å²) in [5.74, 6) is 0.538. The summed E-state index contributed by atoms with van der Waals surface area (Å²) in [5, 5.41) is 0. The van der Waals surface area contributed by atoms with Crippen molar-refractivity contribution in [3.63, 3.8) is 0 Å². The van der Waals surface area contributed by atoms with Gasteiger partial charge in [-0.3, -0.25) is 4.79 Å². The van der Waals surface area contributed by atoms with Gasteiger partial charge in [-0.25, -0.2) is 0 Å². The van der Waals surface area contributed by atoms with Gasteiger partial charge in [0.2, 0.25) is 0 Å². The summed E-state index contributed by atoms with van der Waals surface area (Å²) in [6.07, 6.45) is 2.62. The van der Waals surface area contributed by atoms with Crippen LogP contribution in [0.1, 0.15) is 32.3 Å². The maximum atomic E-state index is 11.1. The largest absolute Gasteiger partial charge is 0.465 e. The van der Waals surface area contributed by atoms with E-state index in [1.807, 2.05) is 31.2 Å². The zero-order valence-corrected chi connectivity index (χ0v) is 12.1. The summed E-state index contributed by atoms with van der Waals surface area (Å²) in [5.41, 5.74) is 1.04. The maximum absolute atomic E-state index is 11.1. The van der Waals surface area contributed by atoms with E-state index in [1.165, 1.54) is 0 Å². The number of hydrogen-bond acceptors (Lipinski definition) is 4. The van der Waals surface area contributed by atoms with Gasteiger partial charge < -0.3 is 14.2 Å². The summed E-state index contributed by atoms with van der Waals surface area (Å²) in [4.78, 5) is 11.1. The van der Waals surface area contributed by atoms with Crippen LogP contribution in [0.5, 0.6) is 5.75 Å². The number of benzene rings is 1. The van der Waals surface area contributed by atoms with Gasteiger partial charge in [-0.15, -0.1) is 0 Å². The van der Waals surface area contributed by atoms with E-state index >= 15 is 0 Å². The van der Waals surface area contributed by atoms with E-state index in [1.54, 1.807) is 13.0 Å². The average molecular weight is 278 g/mol. The number of carbonyl (C=O) groups excluding carboxylic acids is 1. The van der Waals surface area contributed by atoms with Gasteiger partial charge in [-0.1, -0.05) is 31.7 Å². The van der Waals surface area contributed by atoms with Crippen LogP contribution >= 0.6 is 0 Å². The molecular weight excluding hydrogens is 256 g/mol. The molecule has 1 aromatic carbocycles. The molecule has 0 spiro atoms. The van der Waals surface area contributed by atoms with Crippen molar-refractivity contribution in [1.82, 2.24) is 0 Å². The summed E-state index contributed by atoms with van der Waals surface area (Å²) in [6, 6.07) is 7.56. The van der Waals surface area contributed by atoms with Crippen LogP contribution in [0, 0.1) is 0 Å². The quantitative estimate of drug-likeness (QED) is 0.394. The van der Waals surface area contributed by atoms with Gasteiger partial charge in [0, 0.05) is 6.42 Å². The summed E-state index contributed by atoms with van der Waals surface area (Å²) >= 11 is 0. The molecule has 0 radical (unpaired) electrons. The number of carbonyl (C=O) groups is 1. The molecule has 4 nitrogen and oxygen atoms in total. The van der Waals surface area contributed by atoms with Crippen molar-refractivity contribution in [2.45, 2.75) is 33.0 Å². The maximum Gasteiger partial charge on any atom is 0.305 e. The number of hydrogen-bond donors (Lipinski definition) is 0. The number of rotatable bonds is 9. The standard InChI is InChI=1S/C16H22O4/c1-4-6-16(17)19-12-11-18-13(3)20-15-9-7-14(5-2)8-10-15/h5,7-10,13H,2,4,6,11-12H2,1,3H3. The molecule has 110 valence electrons. The third-order valence-electron chi connectivity index (χ3n) is 2.57. The van der Waals surface area contributed by atoms with Gasteiger partial charge >= 0.3 is 5.97 Å². The molecule has 0 saturated carbocycles. The molecule has 0 amide bonds. The Hall–Kier alpha value is -1.81. The minimum Gasteiger partial charge on any atom is -0.465 e. The van der Waals surface area contributed by atoms with Gasteiger partial charge in [0.1, 0.15) is 12.4 Å². The first kappa shape index (κ1) is 16.2. The highest BCUT2D eigenvalue weighted by Gasteiger charge is 2.05. The van der Waals surface area contributed by atoms with Crippen molar-refractivity contribution in [3.8, 4) is 5.75 Å². The molecule has 0 saturated heterocycles. The Morgan fingerprint density at radius 2 is 2.00 bits per heavy atom. The molecule has 1 unspecified atom stereocenters. The van der Waals surface area contributed by atoms with Crippen LogP contribution in [0.15, 0.2) is 30.8 Å². The topological polar surface area (TPSA) is 44.8 Å². The van der Waals surface area contributed by atoms with E-state index in [0.29, 0.717) is 13.0 Å². The molecule has 1 aromatic rings. The van der Waals surface area contributed by atoms with Crippen LogP contribution in [0.3, 0.4) is 0 Å². The number of esters is 1. The highest BCUT2D eigenvalue weighted by molar-refractivity contribution is 5.69. The first-order valence-corrected chi connectivity index (χ1v) is 6.82. The molecule has 0 N–H and O–H groups in total. The fourth-order valence-corrected chi connectivity index (χ4v) is 1.55. The molecule has 4 heteroatoms. The van der Waals surface area contributed by atoms with E-state index in [0.717, 1.165) is 17.7 Å². The van der Waals surface area contributed by atoms with Crippen LogP contribution in [-0.2, 0) is 14.3 Å². The van der Waals surface area contributed by atoms with Crippen LogP contribution < -0.4 is 4.74 Å². The normalized spacial score (nSPS) is 11.7. The second kappa shape index (κ2) is 9.15. The first-order valence-electron chi connectivity index (χ1n) is 6.82. The molecule has 20 heavy (non-hydrogen) atoms. The van der Waals surface area contributed by atoms with Crippen molar-refractivity contribution < 1.29 is 19.0 Å². The smallest absolute Gasteiger partial charge is 0.305 e. The zero-order chi connectivity index (χ0) is 14.8. The fraction of sp³-hybridized carbons (Fsp3) is 0.438. The lowest BCUT2D eigenvalue weighted by Gasteiger charge is -2.15. The lowest BCUT2D eigenvalue weighted by atomic mass is 10.2. The molecular formula is C16H22O4.